The Balaban J connectivity index is 3.48. The highest BCUT2D eigenvalue weighted by Crippen LogP contribution is 2.26. The topological polar surface area (TPSA) is 45.8 Å². The van der Waals surface area contributed by atoms with E-state index in [0.717, 1.165) is 11.8 Å². The van der Waals surface area contributed by atoms with Crippen molar-refractivity contribution in [2.45, 2.75) is 11.2 Å². The molecule has 0 aliphatic rings. The van der Waals surface area contributed by atoms with E-state index in [4.69, 9.17) is 6.42 Å². The van der Waals surface area contributed by atoms with Crippen LogP contribution in [-0.4, -0.2) is 16.2 Å². The Kier molecular flexibility index (Phi) is 3.09. The van der Waals surface area contributed by atoms with Crippen LogP contribution in [0.15, 0.2) is 9.82 Å². The van der Waals surface area contributed by atoms with Crippen LogP contribution in [0.3, 0.4) is 0 Å². The van der Waals surface area contributed by atoms with Gasteiger partial charge in [0, 0.05) is 0 Å². The summed E-state index contributed by atoms with van der Waals surface area (Å²) in [7, 11) is 0. The summed E-state index contributed by atoms with van der Waals surface area (Å²) < 4.78 is 36.7. The highest BCUT2D eigenvalue weighted by Gasteiger charge is 2.35. The molecule has 0 aromatic carbocycles. The Bertz CT molecular complexity index is 472. The van der Waals surface area contributed by atoms with Gasteiger partial charge < -0.3 is 4.98 Å². The van der Waals surface area contributed by atoms with Crippen molar-refractivity contribution in [3.8, 4) is 12.3 Å². The first-order chi connectivity index (χ1) is 6.90. The molecule has 0 amide bonds. The predicted molar refractivity (Wildman–Crippen MR) is 49.6 cm³/mol. The molecule has 1 N–H and O–H groups in total. The smallest absolute Gasteiger partial charge is 0.302 e. The average Bonchev–Trinajstić information content (AvgIpc) is 2.15. The Morgan fingerprint density at radius 3 is 2.53 bits per heavy atom. The molecule has 80 valence electrons. The molecule has 0 aliphatic carbocycles. The molecule has 0 atom stereocenters. The van der Waals surface area contributed by atoms with Gasteiger partial charge in [-0.3, -0.25) is 4.79 Å². The molecule has 0 unspecified atom stereocenters. The normalized spacial score (nSPS) is 11.1. The van der Waals surface area contributed by atoms with Gasteiger partial charge in [-0.2, -0.15) is 13.2 Å². The van der Waals surface area contributed by atoms with Gasteiger partial charge in [-0.1, -0.05) is 5.92 Å². The van der Waals surface area contributed by atoms with Crippen molar-refractivity contribution in [3.05, 3.63) is 21.7 Å². The van der Waals surface area contributed by atoms with E-state index < -0.39 is 17.6 Å². The molecule has 1 aromatic heterocycles. The second kappa shape index (κ2) is 3.98. The minimum Gasteiger partial charge on any atom is -0.302 e. The second-order valence-electron chi connectivity index (χ2n) is 2.44. The third kappa shape index (κ3) is 2.33. The molecule has 1 aromatic rings. The van der Waals surface area contributed by atoms with Crippen LogP contribution in [0.2, 0.25) is 0 Å². The van der Waals surface area contributed by atoms with Crippen LogP contribution in [-0.2, 0) is 6.18 Å². The predicted octanol–water partition coefficient (Wildman–Crippen LogP) is 1.49. The number of H-pyrrole nitrogens is 1. The third-order valence-corrected chi connectivity index (χ3v) is 2.17. The number of nitrogens with zero attached hydrogens (tertiary/aromatic N) is 1. The van der Waals surface area contributed by atoms with Gasteiger partial charge in [0.2, 0.25) is 5.82 Å². The van der Waals surface area contributed by atoms with Crippen molar-refractivity contribution in [1.29, 1.82) is 0 Å². The van der Waals surface area contributed by atoms with Gasteiger partial charge >= 0.3 is 6.18 Å². The van der Waals surface area contributed by atoms with Crippen molar-refractivity contribution in [1.82, 2.24) is 9.97 Å². The first-order valence-corrected chi connectivity index (χ1v) is 4.84. The fraction of sp³-hybridized carbons (Fsp3) is 0.250. The second-order valence-corrected chi connectivity index (χ2v) is 3.24. The summed E-state index contributed by atoms with van der Waals surface area (Å²) in [6.07, 6.45) is 1.79. The Hall–Kier alpha value is -1.42. The standard InChI is InChI=1S/C8H5F3N2OS/c1-3-4-5(14)12-7(8(9,10)11)13-6(4)15-2/h1H,2H3,(H,12,13,14). The lowest BCUT2D eigenvalue weighted by molar-refractivity contribution is -0.145. The minimum atomic E-state index is -4.68. The number of aromatic nitrogens is 2. The molecule has 1 rings (SSSR count). The minimum absolute atomic E-state index is 0.103. The van der Waals surface area contributed by atoms with Crippen molar-refractivity contribution >= 4 is 11.8 Å². The lowest BCUT2D eigenvalue weighted by atomic mass is 10.3. The van der Waals surface area contributed by atoms with Gasteiger partial charge in [0.05, 0.1) is 0 Å². The van der Waals surface area contributed by atoms with Gasteiger partial charge in [0.1, 0.15) is 10.6 Å². The SMILES string of the molecule is C#Cc1c(SC)nc(C(F)(F)F)[nH]c1=O. The Morgan fingerprint density at radius 2 is 2.13 bits per heavy atom. The van der Waals surface area contributed by atoms with Crippen LogP contribution < -0.4 is 5.56 Å². The van der Waals surface area contributed by atoms with E-state index in [2.05, 4.69) is 4.98 Å². The van der Waals surface area contributed by atoms with Gasteiger partial charge in [-0.25, -0.2) is 4.98 Å². The van der Waals surface area contributed by atoms with Gasteiger partial charge in [-0.15, -0.1) is 18.2 Å². The van der Waals surface area contributed by atoms with E-state index in [1.807, 2.05) is 5.92 Å². The molecule has 7 heteroatoms. The van der Waals surface area contributed by atoms with Crippen LogP contribution >= 0.6 is 11.8 Å². The van der Waals surface area contributed by atoms with E-state index in [1.54, 1.807) is 4.98 Å². The van der Waals surface area contributed by atoms with Crippen molar-refractivity contribution in [3.63, 3.8) is 0 Å². The number of alkyl halides is 3. The van der Waals surface area contributed by atoms with E-state index >= 15 is 0 Å². The number of nitrogens with one attached hydrogen (secondary N) is 1. The molecular formula is C8H5F3N2OS. The van der Waals surface area contributed by atoms with Crippen molar-refractivity contribution in [2.75, 3.05) is 6.26 Å². The summed E-state index contributed by atoms with van der Waals surface area (Å²) in [6.45, 7) is 0. The summed E-state index contributed by atoms with van der Waals surface area (Å²) >= 11 is 0.891. The average molecular weight is 234 g/mol. The monoisotopic (exact) mass is 234 g/mol. The Morgan fingerprint density at radius 1 is 1.53 bits per heavy atom. The van der Waals surface area contributed by atoms with Crippen LogP contribution in [0.1, 0.15) is 11.4 Å². The van der Waals surface area contributed by atoms with Crippen molar-refractivity contribution < 1.29 is 13.2 Å². The summed E-state index contributed by atoms with van der Waals surface area (Å²) in [6, 6.07) is 0. The Labute approximate surface area is 87.1 Å². The molecule has 3 nitrogen and oxygen atoms in total. The number of thioether (sulfide) groups is 1. The van der Waals surface area contributed by atoms with Crippen LogP contribution in [0.25, 0.3) is 0 Å². The van der Waals surface area contributed by atoms with Crippen LogP contribution in [0, 0.1) is 12.3 Å². The molecule has 0 saturated heterocycles. The first kappa shape index (κ1) is 11.7. The molecule has 1 heterocycles. The van der Waals surface area contributed by atoms with Crippen molar-refractivity contribution in [2.24, 2.45) is 0 Å². The fourth-order valence-electron chi connectivity index (χ4n) is 0.862. The number of halogens is 3. The summed E-state index contributed by atoms with van der Waals surface area (Å²) in [4.78, 5) is 16.0. The van der Waals surface area contributed by atoms with E-state index in [1.165, 1.54) is 6.26 Å². The summed E-state index contributed by atoms with van der Waals surface area (Å²) in [5.41, 5.74) is -1.14. The van der Waals surface area contributed by atoms with Crippen LogP contribution in [0.5, 0.6) is 0 Å². The first-order valence-electron chi connectivity index (χ1n) is 3.62. The van der Waals surface area contributed by atoms with Gasteiger partial charge in [0.25, 0.3) is 5.56 Å². The molecule has 15 heavy (non-hydrogen) atoms. The van der Waals surface area contributed by atoms with E-state index in [9.17, 15) is 18.0 Å². The molecular weight excluding hydrogens is 229 g/mol. The zero-order chi connectivity index (χ0) is 11.6. The molecule has 0 radical (unpaired) electrons. The lowest BCUT2D eigenvalue weighted by Gasteiger charge is -2.07. The maximum absolute atomic E-state index is 12.2. The number of aromatic amines is 1. The lowest BCUT2D eigenvalue weighted by Crippen LogP contribution is -2.22. The number of terminal acetylenes is 1. The fourth-order valence-corrected chi connectivity index (χ4v) is 1.40. The molecule has 0 bridgehead atoms. The highest BCUT2D eigenvalue weighted by molar-refractivity contribution is 7.98. The summed E-state index contributed by atoms with van der Waals surface area (Å²) in [5.74, 6) is 0.662. The third-order valence-electron chi connectivity index (χ3n) is 1.49. The summed E-state index contributed by atoms with van der Waals surface area (Å²) in [5, 5.41) is -0.103. The molecule has 0 fully saturated rings. The van der Waals surface area contributed by atoms with Gasteiger partial charge in [0.15, 0.2) is 0 Å². The van der Waals surface area contributed by atoms with E-state index in [-0.39, 0.29) is 10.6 Å². The van der Waals surface area contributed by atoms with E-state index in [0.29, 0.717) is 0 Å². The highest BCUT2D eigenvalue weighted by atomic mass is 32.2. The maximum atomic E-state index is 12.2. The number of rotatable bonds is 1. The van der Waals surface area contributed by atoms with Gasteiger partial charge in [-0.05, 0) is 6.26 Å². The zero-order valence-corrected chi connectivity index (χ0v) is 8.29. The molecule has 0 spiro atoms. The number of hydrogen-bond donors (Lipinski definition) is 1. The number of hydrogen-bond acceptors (Lipinski definition) is 3. The largest absolute Gasteiger partial charge is 0.449 e. The molecule has 0 saturated carbocycles. The quantitative estimate of drug-likeness (QED) is 0.455. The maximum Gasteiger partial charge on any atom is 0.449 e. The van der Waals surface area contributed by atoms with Crippen LogP contribution in [0.4, 0.5) is 13.2 Å². The zero-order valence-electron chi connectivity index (χ0n) is 7.47. The molecule has 0 aliphatic heterocycles.